The van der Waals surface area contributed by atoms with Crippen LogP contribution in [-0.4, -0.2) is 25.7 Å². The number of carbonyl (C=O) groups excluding carboxylic acids is 1. The van der Waals surface area contributed by atoms with E-state index in [9.17, 15) is 18.0 Å². The van der Waals surface area contributed by atoms with Crippen LogP contribution in [0.5, 0.6) is 17.2 Å². The van der Waals surface area contributed by atoms with E-state index in [1.54, 1.807) is 24.3 Å². The molecule has 0 fully saturated rings. The largest absolute Gasteiger partial charge is 0.494 e. The lowest BCUT2D eigenvalue weighted by atomic mass is 10.1. The molecule has 0 spiro atoms. The van der Waals surface area contributed by atoms with E-state index >= 15 is 0 Å². The monoisotopic (exact) mass is 397 g/mol. The average Bonchev–Trinajstić information content (AvgIpc) is 2.66. The van der Waals surface area contributed by atoms with Crippen LogP contribution in [-0.2, 0) is 11.0 Å². The number of carbonyl (C=O) groups is 1. The minimum Gasteiger partial charge on any atom is -0.494 e. The fraction of sp³-hybridized carbons (Fsp3) is 0.350. The van der Waals surface area contributed by atoms with Gasteiger partial charge in [-0.05, 0) is 55.8 Å². The van der Waals surface area contributed by atoms with Crippen molar-refractivity contribution in [2.24, 2.45) is 0 Å². The predicted octanol–water partition coefficient (Wildman–Crippen LogP) is 4.91. The van der Waals surface area contributed by atoms with Crippen molar-refractivity contribution < 1.29 is 32.2 Å². The average molecular weight is 397 g/mol. The van der Waals surface area contributed by atoms with Gasteiger partial charge in [-0.2, -0.15) is 13.2 Å². The van der Waals surface area contributed by atoms with Crippen LogP contribution in [0.4, 0.5) is 18.9 Å². The van der Waals surface area contributed by atoms with Crippen molar-refractivity contribution in [1.29, 1.82) is 0 Å². The van der Waals surface area contributed by atoms with Gasteiger partial charge in [-0.15, -0.1) is 0 Å². The molecule has 0 aliphatic heterocycles. The smallest absolute Gasteiger partial charge is 0.416 e. The molecule has 0 heterocycles. The van der Waals surface area contributed by atoms with Crippen LogP contribution >= 0.6 is 0 Å². The number of hydrogen-bond acceptors (Lipinski definition) is 4. The van der Waals surface area contributed by atoms with Gasteiger partial charge in [-0.1, -0.05) is 6.92 Å². The third kappa shape index (κ3) is 6.37. The Kier molecular flexibility index (Phi) is 7.54. The lowest BCUT2D eigenvalue weighted by molar-refractivity contribution is -0.137. The first-order chi connectivity index (χ1) is 13.3. The molecule has 0 unspecified atom stereocenters. The molecule has 2 aromatic carbocycles. The number of ether oxygens (including phenoxy) is 3. The van der Waals surface area contributed by atoms with E-state index in [-0.39, 0.29) is 18.0 Å². The van der Waals surface area contributed by atoms with E-state index in [0.29, 0.717) is 31.1 Å². The predicted molar refractivity (Wildman–Crippen MR) is 99.0 cm³/mol. The number of hydrogen-bond donors (Lipinski definition) is 1. The summed E-state index contributed by atoms with van der Waals surface area (Å²) < 4.78 is 55.0. The van der Waals surface area contributed by atoms with Gasteiger partial charge >= 0.3 is 6.18 Å². The van der Waals surface area contributed by atoms with Gasteiger partial charge in [0.15, 0.2) is 6.61 Å². The second-order valence-electron chi connectivity index (χ2n) is 5.80. The molecular formula is C20H22F3NO4. The Hall–Kier alpha value is -2.90. The van der Waals surface area contributed by atoms with E-state index in [1.807, 2.05) is 13.8 Å². The van der Waals surface area contributed by atoms with Crippen LogP contribution in [0.15, 0.2) is 42.5 Å². The number of nitrogens with one attached hydrogen (secondary N) is 1. The van der Waals surface area contributed by atoms with E-state index in [2.05, 4.69) is 5.32 Å². The Morgan fingerprint density at radius 2 is 1.61 bits per heavy atom. The Bertz CT molecular complexity index is 776. The molecule has 152 valence electrons. The summed E-state index contributed by atoms with van der Waals surface area (Å²) in [6.45, 7) is 4.21. The molecule has 0 aliphatic carbocycles. The highest BCUT2D eigenvalue weighted by molar-refractivity contribution is 5.93. The third-order valence-corrected chi connectivity index (χ3v) is 3.55. The number of anilines is 1. The minimum absolute atomic E-state index is 0.0523. The molecule has 1 amide bonds. The van der Waals surface area contributed by atoms with Crippen molar-refractivity contribution in [3.8, 4) is 17.2 Å². The first-order valence-corrected chi connectivity index (χ1v) is 8.83. The maximum absolute atomic E-state index is 13.0. The van der Waals surface area contributed by atoms with Crippen molar-refractivity contribution in [2.45, 2.75) is 26.4 Å². The van der Waals surface area contributed by atoms with E-state index in [0.717, 1.165) is 12.1 Å². The molecule has 0 bridgehead atoms. The van der Waals surface area contributed by atoms with Gasteiger partial charge in [0.2, 0.25) is 0 Å². The molecule has 0 saturated carbocycles. The molecule has 2 aromatic rings. The zero-order chi connectivity index (χ0) is 20.6. The highest BCUT2D eigenvalue weighted by atomic mass is 19.4. The quantitative estimate of drug-likeness (QED) is 0.653. The zero-order valence-electron chi connectivity index (χ0n) is 15.6. The van der Waals surface area contributed by atoms with Gasteiger partial charge < -0.3 is 19.5 Å². The third-order valence-electron chi connectivity index (χ3n) is 3.55. The highest BCUT2D eigenvalue weighted by Crippen LogP contribution is 2.35. The van der Waals surface area contributed by atoms with E-state index < -0.39 is 17.6 Å². The Morgan fingerprint density at radius 1 is 0.964 bits per heavy atom. The highest BCUT2D eigenvalue weighted by Gasteiger charge is 2.31. The summed E-state index contributed by atoms with van der Waals surface area (Å²) in [5.74, 6) is 0.671. The van der Waals surface area contributed by atoms with Gasteiger partial charge in [0.1, 0.15) is 17.2 Å². The summed E-state index contributed by atoms with van der Waals surface area (Å²) in [5, 5.41) is 2.42. The summed E-state index contributed by atoms with van der Waals surface area (Å²) >= 11 is 0. The number of benzene rings is 2. The first kappa shape index (κ1) is 21.4. The summed E-state index contributed by atoms with van der Waals surface area (Å²) in [6.07, 6.45) is -3.85. The van der Waals surface area contributed by atoms with Gasteiger partial charge in [0.05, 0.1) is 24.5 Å². The maximum atomic E-state index is 13.0. The van der Waals surface area contributed by atoms with Crippen molar-refractivity contribution in [2.75, 3.05) is 25.1 Å². The van der Waals surface area contributed by atoms with Gasteiger partial charge in [0.25, 0.3) is 5.91 Å². The van der Waals surface area contributed by atoms with Crippen LogP contribution in [0, 0.1) is 0 Å². The minimum atomic E-state index is -4.53. The summed E-state index contributed by atoms with van der Waals surface area (Å²) in [5.41, 5.74) is -0.928. The van der Waals surface area contributed by atoms with Crippen molar-refractivity contribution in [3.05, 3.63) is 48.0 Å². The Balaban J connectivity index is 2.04. The van der Waals surface area contributed by atoms with Crippen LogP contribution in [0.25, 0.3) is 0 Å². The molecule has 0 atom stereocenters. The molecule has 2 rings (SSSR count). The first-order valence-electron chi connectivity index (χ1n) is 8.83. The second kappa shape index (κ2) is 9.87. The van der Waals surface area contributed by atoms with E-state index in [4.69, 9.17) is 14.2 Å². The van der Waals surface area contributed by atoms with Gasteiger partial charge in [0, 0.05) is 0 Å². The molecule has 0 saturated heterocycles. The van der Waals surface area contributed by atoms with Crippen molar-refractivity contribution in [1.82, 2.24) is 0 Å². The molecular weight excluding hydrogens is 375 g/mol. The summed E-state index contributed by atoms with van der Waals surface area (Å²) in [6, 6.07) is 9.62. The van der Waals surface area contributed by atoms with Gasteiger partial charge in [-0.25, -0.2) is 0 Å². The summed E-state index contributed by atoms with van der Waals surface area (Å²) in [4.78, 5) is 12.1. The number of alkyl halides is 3. The molecule has 1 N–H and O–H groups in total. The second-order valence-corrected chi connectivity index (χ2v) is 5.80. The summed E-state index contributed by atoms with van der Waals surface area (Å²) in [7, 11) is 0. The lowest BCUT2D eigenvalue weighted by Gasteiger charge is -2.15. The van der Waals surface area contributed by atoms with Crippen LogP contribution < -0.4 is 19.5 Å². The van der Waals surface area contributed by atoms with Gasteiger partial charge in [-0.3, -0.25) is 4.79 Å². The standard InChI is InChI=1S/C20H22F3NO4/c1-3-11-27-18-10-5-14(20(21,22)23)12-17(18)24-19(25)13-28-16-8-6-15(7-9-16)26-4-2/h5-10,12H,3-4,11,13H2,1-2H3,(H,24,25). The van der Waals surface area contributed by atoms with Crippen molar-refractivity contribution in [3.63, 3.8) is 0 Å². The van der Waals surface area contributed by atoms with Crippen LogP contribution in [0.3, 0.4) is 0 Å². The molecule has 8 heteroatoms. The Morgan fingerprint density at radius 3 is 2.18 bits per heavy atom. The topological polar surface area (TPSA) is 56.8 Å². The normalized spacial score (nSPS) is 11.0. The molecule has 5 nitrogen and oxygen atoms in total. The molecule has 0 aromatic heterocycles. The zero-order valence-corrected chi connectivity index (χ0v) is 15.6. The fourth-order valence-corrected chi connectivity index (χ4v) is 2.28. The van der Waals surface area contributed by atoms with E-state index in [1.165, 1.54) is 6.07 Å². The number of amides is 1. The number of rotatable bonds is 9. The molecule has 0 aliphatic rings. The number of halogens is 3. The van der Waals surface area contributed by atoms with Crippen LogP contribution in [0.2, 0.25) is 0 Å². The van der Waals surface area contributed by atoms with Crippen molar-refractivity contribution >= 4 is 11.6 Å². The maximum Gasteiger partial charge on any atom is 0.416 e. The molecule has 28 heavy (non-hydrogen) atoms. The van der Waals surface area contributed by atoms with Crippen LogP contribution in [0.1, 0.15) is 25.8 Å². The lowest BCUT2D eigenvalue weighted by Crippen LogP contribution is -2.21. The SMILES string of the molecule is CCCOc1ccc(C(F)(F)F)cc1NC(=O)COc1ccc(OCC)cc1. The molecule has 0 radical (unpaired) electrons. The Labute approximate surface area is 161 Å². The fourth-order valence-electron chi connectivity index (χ4n) is 2.28.